The fraction of sp³-hybridized carbons (Fsp3) is 0.143. The highest BCUT2D eigenvalue weighted by Crippen LogP contribution is 2.19. The highest BCUT2D eigenvalue weighted by molar-refractivity contribution is 5.55. The lowest BCUT2D eigenvalue weighted by Gasteiger charge is -2.00. The first-order valence-corrected chi connectivity index (χ1v) is 4.17. The standard InChI is InChI=1S/C7H8N6O2/c14-13(15)7-6(4-10-12-7)8-3-5-1-2-9-11-5/h1-2,4,8H,3H2,(H,9,11)(H,10,12). The molecule has 0 saturated carbocycles. The number of aromatic nitrogens is 4. The molecule has 0 saturated heterocycles. The van der Waals surface area contributed by atoms with Crippen LogP contribution >= 0.6 is 0 Å². The zero-order chi connectivity index (χ0) is 10.7. The van der Waals surface area contributed by atoms with Crippen LogP contribution in [0.15, 0.2) is 18.5 Å². The number of H-pyrrole nitrogens is 2. The Balaban J connectivity index is 2.05. The normalized spacial score (nSPS) is 10.1. The van der Waals surface area contributed by atoms with Gasteiger partial charge in [0.05, 0.1) is 12.2 Å². The van der Waals surface area contributed by atoms with Crippen LogP contribution in [0.2, 0.25) is 0 Å². The molecule has 0 spiro atoms. The van der Waals surface area contributed by atoms with Crippen molar-refractivity contribution in [1.29, 1.82) is 0 Å². The van der Waals surface area contributed by atoms with Gasteiger partial charge in [0.25, 0.3) is 0 Å². The molecule has 2 aromatic rings. The lowest BCUT2D eigenvalue weighted by Crippen LogP contribution is -2.01. The van der Waals surface area contributed by atoms with E-state index in [-0.39, 0.29) is 5.82 Å². The van der Waals surface area contributed by atoms with Crippen LogP contribution in [0.4, 0.5) is 11.5 Å². The van der Waals surface area contributed by atoms with Crippen LogP contribution in [0.25, 0.3) is 0 Å². The third-order valence-electron chi connectivity index (χ3n) is 1.83. The molecule has 2 aromatic heterocycles. The van der Waals surface area contributed by atoms with Gasteiger partial charge in [-0.15, -0.1) is 5.10 Å². The molecular weight excluding hydrogens is 200 g/mol. The van der Waals surface area contributed by atoms with E-state index >= 15 is 0 Å². The van der Waals surface area contributed by atoms with Gasteiger partial charge in [-0.1, -0.05) is 5.10 Å². The molecule has 15 heavy (non-hydrogen) atoms. The Morgan fingerprint density at radius 1 is 1.47 bits per heavy atom. The van der Waals surface area contributed by atoms with Crippen LogP contribution in [0, 0.1) is 10.1 Å². The van der Waals surface area contributed by atoms with Crippen molar-refractivity contribution in [2.24, 2.45) is 0 Å². The van der Waals surface area contributed by atoms with Gasteiger partial charge in [0.1, 0.15) is 6.20 Å². The predicted octanol–water partition coefficient (Wildman–Crippen LogP) is 0.653. The molecule has 0 aliphatic heterocycles. The molecule has 0 aliphatic rings. The molecule has 0 aliphatic carbocycles. The van der Waals surface area contributed by atoms with E-state index in [4.69, 9.17) is 0 Å². The maximum absolute atomic E-state index is 10.5. The molecule has 2 heterocycles. The van der Waals surface area contributed by atoms with Crippen molar-refractivity contribution in [3.8, 4) is 0 Å². The number of anilines is 1. The summed E-state index contributed by atoms with van der Waals surface area (Å²) in [5, 5.41) is 25.8. The summed E-state index contributed by atoms with van der Waals surface area (Å²) in [5.41, 5.74) is 1.19. The largest absolute Gasteiger partial charge is 0.371 e. The van der Waals surface area contributed by atoms with Gasteiger partial charge in [-0.2, -0.15) is 5.10 Å². The fourth-order valence-electron chi connectivity index (χ4n) is 1.12. The summed E-state index contributed by atoms with van der Waals surface area (Å²) in [6.45, 7) is 0.431. The lowest BCUT2D eigenvalue weighted by atomic mass is 10.4. The highest BCUT2D eigenvalue weighted by Gasteiger charge is 2.13. The van der Waals surface area contributed by atoms with E-state index in [1.807, 2.05) is 0 Å². The van der Waals surface area contributed by atoms with Crippen LogP contribution in [0.3, 0.4) is 0 Å². The molecule has 0 bridgehead atoms. The van der Waals surface area contributed by atoms with E-state index in [0.29, 0.717) is 12.2 Å². The van der Waals surface area contributed by atoms with E-state index in [1.165, 1.54) is 6.20 Å². The van der Waals surface area contributed by atoms with Gasteiger partial charge in [0.2, 0.25) is 0 Å². The number of hydrogen-bond acceptors (Lipinski definition) is 5. The van der Waals surface area contributed by atoms with E-state index in [1.54, 1.807) is 12.3 Å². The SMILES string of the molecule is O=[N+]([O-])c1[nH]ncc1NCc1ccn[nH]1. The third kappa shape index (κ3) is 1.93. The summed E-state index contributed by atoms with van der Waals surface area (Å²) >= 11 is 0. The molecule has 0 unspecified atom stereocenters. The summed E-state index contributed by atoms with van der Waals surface area (Å²) < 4.78 is 0. The zero-order valence-electron chi connectivity index (χ0n) is 7.60. The summed E-state index contributed by atoms with van der Waals surface area (Å²) in [7, 11) is 0. The van der Waals surface area contributed by atoms with Gasteiger partial charge in [0, 0.05) is 6.20 Å². The lowest BCUT2D eigenvalue weighted by molar-refractivity contribution is -0.388. The summed E-state index contributed by atoms with van der Waals surface area (Å²) in [6.07, 6.45) is 2.98. The average Bonchev–Trinajstić information content (AvgIpc) is 2.86. The Bertz CT molecular complexity index is 448. The molecule has 8 heteroatoms. The van der Waals surface area contributed by atoms with Crippen molar-refractivity contribution in [3.63, 3.8) is 0 Å². The van der Waals surface area contributed by atoms with E-state index in [2.05, 4.69) is 25.7 Å². The van der Waals surface area contributed by atoms with Crippen LogP contribution in [-0.4, -0.2) is 25.3 Å². The van der Waals surface area contributed by atoms with Gasteiger partial charge < -0.3 is 15.4 Å². The molecule has 8 nitrogen and oxygen atoms in total. The quantitative estimate of drug-likeness (QED) is 0.504. The summed E-state index contributed by atoms with van der Waals surface area (Å²) in [5.74, 6) is -0.144. The number of hydrogen-bond donors (Lipinski definition) is 3. The van der Waals surface area contributed by atoms with Gasteiger partial charge in [-0.05, 0) is 11.0 Å². The molecule has 0 amide bonds. The monoisotopic (exact) mass is 208 g/mol. The smallest absolute Gasteiger partial charge is 0.366 e. The molecule has 78 valence electrons. The number of aromatic amines is 2. The maximum Gasteiger partial charge on any atom is 0.366 e. The Hall–Kier alpha value is -2.38. The van der Waals surface area contributed by atoms with E-state index < -0.39 is 4.92 Å². The van der Waals surface area contributed by atoms with Gasteiger partial charge >= 0.3 is 5.82 Å². The number of nitrogens with one attached hydrogen (secondary N) is 3. The molecular formula is C7H8N6O2. The first-order valence-electron chi connectivity index (χ1n) is 4.17. The second kappa shape index (κ2) is 3.78. The van der Waals surface area contributed by atoms with Crippen LogP contribution < -0.4 is 5.32 Å². The van der Waals surface area contributed by atoms with Crippen molar-refractivity contribution in [1.82, 2.24) is 20.4 Å². The average molecular weight is 208 g/mol. The molecule has 0 fully saturated rings. The van der Waals surface area contributed by atoms with Crippen molar-refractivity contribution >= 4 is 11.5 Å². The molecule has 0 aromatic carbocycles. The van der Waals surface area contributed by atoms with Gasteiger partial charge in [-0.3, -0.25) is 5.10 Å². The van der Waals surface area contributed by atoms with Crippen molar-refractivity contribution < 1.29 is 4.92 Å². The molecule has 2 rings (SSSR count). The van der Waals surface area contributed by atoms with Crippen LogP contribution in [0.1, 0.15) is 5.69 Å². The van der Waals surface area contributed by atoms with E-state index in [9.17, 15) is 10.1 Å². The minimum absolute atomic E-state index is 0.144. The highest BCUT2D eigenvalue weighted by atomic mass is 16.6. The van der Waals surface area contributed by atoms with Crippen molar-refractivity contribution in [3.05, 3.63) is 34.3 Å². The third-order valence-corrected chi connectivity index (χ3v) is 1.83. The van der Waals surface area contributed by atoms with Gasteiger partial charge in [0.15, 0.2) is 5.69 Å². The Morgan fingerprint density at radius 2 is 2.33 bits per heavy atom. The van der Waals surface area contributed by atoms with E-state index in [0.717, 1.165) is 5.69 Å². The Kier molecular flexibility index (Phi) is 2.31. The molecule has 0 radical (unpaired) electrons. The van der Waals surface area contributed by atoms with Crippen molar-refractivity contribution in [2.45, 2.75) is 6.54 Å². The maximum atomic E-state index is 10.5. The molecule has 3 N–H and O–H groups in total. The fourth-order valence-corrected chi connectivity index (χ4v) is 1.12. The number of nitrogens with zero attached hydrogens (tertiary/aromatic N) is 3. The first-order chi connectivity index (χ1) is 7.27. The Morgan fingerprint density at radius 3 is 3.00 bits per heavy atom. The van der Waals surface area contributed by atoms with Crippen LogP contribution in [-0.2, 0) is 6.54 Å². The van der Waals surface area contributed by atoms with Crippen LogP contribution in [0.5, 0.6) is 0 Å². The first kappa shape index (κ1) is 9.19. The minimum Gasteiger partial charge on any atom is -0.371 e. The topological polar surface area (TPSA) is 113 Å². The second-order valence-corrected chi connectivity index (χ2v) is 2.82. The summed E-state index contributed by atoms with van der Waals surface area (Å²) in [6, 6.07) is 1.78. The predicted molar refractivity (Wildman–Crippen MR) is 51.2 cm³/mol. The Labute approximate surface area is 83.9 Å². The number of nitro groups is 1. The second-order valence-electron chi connectivity index (χ2n) is 2.82. The minimum atomic E-state index is -0.526. The number of rotatable bonds is 4. The molecule has 0 atom stereocenters. The van der Waals surface area contributed by atoms with Gasteiger partial charge in [-0.25, -0.2) is 0 Å². The summed E-state index contributed by atoms with van der Waals surface area (Å²) in [4.78, 5) is 9.99. The zero-order valence-corrected chi connectivity index (χ0v) is 7.60. The van der Waals surface area contributed by atoms with Crippen molar-refractivity contribution in [2.75, 3.05) is 5.32 Å².